The Kier molecular flexibility index (Phi) is 4.23. The fourth-order valence-electron chi connectivity index (χ4n) is 3.26. The number of nitrogens with two attached hydrogens (primary N) is 1. The van der Waals surface area contributed by atoms with Crippen molar-refractivity contribution in [2.45, 2.75) is 6.92 Å². The number of nitro benzene ring substituents is 1. The van der Waals surface area contributed by atoms with Gasteiger partial charge in [-0.3, -0.25) is 24.1 Å². The number of hydrogen-bond acceptors (Lipinski definition) is 6. The molecule has 2 aromatic heterocycles. The van der Waals surface area contributed by atoms with Gasteiger partial charge in [0, 0.05) is 23.9 Å². The molecule has 0 fully saturated rings. The van der Waals surface area contributed by atoms with E-state index in [-0.39, 0.29) is 28.5 Å². The van der Waals surface area contributed by atoms with Gasteiger partial charge < -0.3 is 5.73 Å². The highest BCUT2D eigenvalue weighted by Gasteiger charge is 2.35. The van der Waals surface area contributed by atoms with Crippen molar-refractivity contribution >= 4 is 11.6 Å². The zero-order valence-corrected chi connectivity index (χ0v) is 15.6. The van der Waals surface area contributed by atoms with Crippen molar-refractivity contribution in [1.82, 2.24) is 14.6 Å². The molecule has 146 valence electrons. The minimum absolute atomic E-state index is 0.0561. The molecule has 0 aliphatic rings. The number of para-hydroxylation sites is 1. The molecule has 0 saturated heterocycles. The molecule has 0 unspecified atom stereocenters. The molecule has 0 spiro atoms. The summed E-state index contributed by atoms with van der Waals surface area (Å²) in [6, 6.07) is 15.0. The average Bonchev–Trinajstić information content (AvgIpc) is 3.19. The monoisotopic (exact) mass is 393 g/mol. The van der Waals surface area contributed by atoms with E-state index in [1.54, 1.807) is 24.7 Å². The highest BCUT2D eigenvalue weighted by molar-refractivity contribution is 5.68. The molecular weight excluding hydrogens is 376 g/mol. The molecule has 29 heavy (non-hydrogen) atoms. The number of rotatable bonds is 4. The molecule has 4 aromatic rings. The second-order valence-electron chi connectivity index (χ2n) is 6.42. The Balaban J connectivity index is 1.96. The summed E-state index contributed by atoms with van der Waals surface area (Å²) in [5.41, 5.74) is 7.72. The summed E-state index contributed by atoms with van der Waals surface area (Å²) < 4.78 is 9.61. The maximum absolute atomic E-state index is 13.3. The van der Waals surface area contributed by atoms with Gasteiger partial charge in [0.25, 0.3) is 5.69 Å². The minimum atomic E-state index is -0.506. The minimum Gasteiger partial charge on any atom is -0.362 e. The number of nitrogens with zero attached hydrogens (tertiary/aromatic N) is 5. The molecule has 4 rings (SSSR count). The van der Waals surface area contributed by atoms with Crippen LogP contribution in [0.1, 0.15) is 5.69 Å². The number of nitro groups is 1. The van der Waals surface area contributed by atoms with Crippen LogP contribution < -0.4 is 16.0 Å². The lowest BCUT2D eigenvalue weighted by atomic mass is 10.1. The van der Waals surface area contributed by atoms with E-state index in [9.17, 15) is 14.9 Å². The van der Waals surface area contributed by atoms with E-state index < -0.39 is 4.92 Å². The van der Waals surface area contributed by atoms with Crippen LogP contribution in [-0.2, 0) is 7.05 Å². The van der Waals surface area contributed by atoms with Crippen molar-refractivity contribution in [3.05, 3.63) is 80.8 Å². The fourth-order valence-corrected chi connectivity index (χ4v) is 3.26. The fraction of sp³-hybridized carbons (Fsp3) is 0.105. The van der Waals surface area contributed by atoms with Crippen LogP contribution in [-0.4, -0.2) is 19.6 Å². The van der Waals surface area contributed by atoms with Gasteiger partial charge in [-0.2, -0.15) is 0 Å². The Hall–Kier alpha value is -4.21. The molecule has 0 amide bonds. The number of benzene rings is 2. The normalized spacial score (nSPS) is 11.0. The van der Waals surface area contributed by atoms with E-state index in [0.717, 1.165) is 0 Å². The van der Waals surface area contributed by atoms with E-state index in [0.29, 0.717) is 16.9 Å². The van der Waals surface area contributed by atoms with E-state index in [2.05, 4.69) is 5.27 Å². The largest absolute Gasteiger partial charge is 0.362 e. The van der Waals surface area contributed by atoms with Crippen LogP contribution in [0.25, 0.3) is 22.6 Å². The maximum atomic E-state index is 13.3. The molecule has 10 nitrogen and oxygen atoms in total. The molecule has 0 bridgehead atoms. The first kappa shape index (κ1) is 18.2. The molecule has 2 heterocycles. The first-order valence-electron chi connectivity index (χ1n) is 8.67. The van der Waals surface area contributed by atoms with Gasteiger partial charge in [-0.25, -0.2) is 4.68 Å². The quantitative estimate of drug-likeness (QED) is 0.321. The lowest BCUT2D eigenvalue weighted by Gasteiger charge is -2.06. The van der Waals surface area contributed by atoms with Gasteiger partial charge in [-0.15, -0.1) is 0 Å². The molecule has 0 aliphatic heterocycles. The molecule has 10 heteroatoms. The number of anilines is 1. The second-order valence-corrected chi connectivity index (χ2v) is 6.42. The number of hydrogen-bond donors (Lipinski definition) is 1. The van der Waals surface area contributed by atoms with E-state index in [4.69, 9.17) is 10.3 Å². The van der Waals surface area contributed by atoms with Crippen molar-refractivity contribution < 1.29 is 14.1 Å². The van der Waals surface area contributed by atoms with Gasteiger partial charge >= 0.3 is 22.8 Å². The molecule has 0 radical (unpaired) electrons. The Morgan fingerprint density at radius 1 is 1.17 bits per heavy atom. The van der Waals surface area contributed by atoms with Crippen LogP contribution >= 0.6 is 0 Å². The van der Waals surface area contributed by atoms with Gasteiger partial charge in [-0.1, -0.05) is 24.3 Å². The third-order valence-corrected chi connectivity index (χ3v) is 4.73. The Bertz CT molecular complexity index is 1290. The summed E-state index contributed by atoms with van der Waals surface area (Å²) in [6.07, 6.45) is 0. The van der Waals surface area contributed by atoms with Crippen LogP contribution in [0.15, 0.2) is 63.9 Å². The predicted molar refractivity (Wildman–Crippen MR) is 104 cm³/mol. The van der Waals surface area contributed by atoms with Crippen molar-refractivity contribution in [1.29, 1.82) is 0 Å². The maximum Gasteiger partial charge on any atom is 0.346 e. The zero-order valence-electron chi connectivity index (χ0n) is 15.6. The van der Waals surface area contributed by atoms with E-state index in [1.165, 1.54) is 27.6 Å². The molecular formula is C19H17N6O4+. The Morgan fingerprint density at radius 3 is 2.59 bits per heavy atom. The van der Waals surface area contributed by atoms with Crippen LogP contribution in [0.3, 0.4) is 0 Å². The smallest absolute Gasteiger partial charge is 0.346 e. The third kappa shape index (κ3) is 2.87. The number of nitrogen functional groups attached to an aromatic ring is 1. The third-order valence-electron chi connectivity index (χ3n) is 4.73. The molecule has 2 aromatic carbocycles. The summed E-state index contributed by atoms with van der Waals surface area (Å²) in [5.74, 6) is -0.0561. The van der Waals surface area contributed by atoms with Crippen LogP contribution in [0.2, 0.25) is 0 Å². The summed E-state index contributed by atoms with van der Waals surface area (Å²) >= 11 is 0. The van der Waals surface area contributed by atoms with Gasteiger partial charge in [-0.05, 0) is 25.1 Å². The van der Waals surface area contributed by atoms with Gasteiger partial charge in [0.2, 0.25) is 5.27 Å². The SMILES string of the molecule is Cc1c(-[n+]2noc(N)c2-c2cccc([N+](=O)[O-])c2)c(=O)n(-c2ccccc2)n1C. The van der Waals surface area contributed by atoms with Crippen molar-refractivity contribution in [3.63, 3.8) is 0 Å². The number of non-ortho nitro benzene ring substituents is 1. The predicted octanol–water partition coefficient (Wildman–Crippen LogP) is 1.91. The van der Waals surface area contributed by atoms with Crippen LogP contribution in [0, 0.1) is 17.0 Å². The summed E-state index contributed by atoms with van der Waals surface area (Å²) in [4.78, 5) is 23.9. The van der Waals surface area contributed by atoms with Crippen molar-refractivity contribution in [2.75, 3.05) is 5.73 Å². The van der Waals surface area contributed by atoms with Gasteiger partial charge in [0.15, 0.2) is 0 Å². The van der Waals surface area contributed by atoms with Crippen LogP contribution in [0.4, 0.5) is 11.6 Å². The standard InChI is InChI=1S/C19H17N6O4/c1-12-16(19(26)24(22(12)2)14-8-4-3-5-9-14)23-17(18(20)29-21-23)13-7-6-10-15(11-13)25(27)28/h3-11H,20H2,1-2H3/q+1. The number of aromatic nitrogens is 4. The summed E-state index contributed by atoms with van der Waals surface area (Å²) in [7, 11) is 1.75. The lowest BCUT2D eigenvalue weighted by molar-refractivity contribution is -0.661. The van der Waals surface area contributed by atoms with E-state index >= 15 is 0 Å². The van der Waals surface area contributed by atoms with Crippen molar-refractivity contribution in [2.24, 2.45) is 7.05 Å². The summed E-state index contributed by atoms with van der Waals surface area (Å²) in [5, 5.41) is 15.1. The van der Waals surface area contributed by atoms with Gasteiger partial charge in [0.1, 0.15) is 5.69 Å². The molecule has 0 aliphatic carbocycles. The zero-order chi connectivity index (χ0) is 20.7. The summed E-state index contributed by atoms with van der Waals surface area (Å²) in [6.45, 7) is 1.77. The first-order valence-corrected chi connectivity index (χ1v) is 8.67. The first-order chi connectivity index (χ1) is 13.9. The van der Waals surface area contributed by atoms with Gasteiger partial charge in [0.05, 0.1) is 16.2 Å². The average molecular weight is 393 g/mol. The molecule has 2 N–H and O–H groups in total. The lowest BCUT2D eigenvalue weighted by Crippen LogP contribution is -2.40. The Labute approximate surface area is 164 Å². The topological polar surface area (TPSA) is 126 Å². The molecule has 0 atom stereocenters. The van der Waals surface area contributed by atoms with Crippen molar-refractivity contribution in [3.8, 4) is 22.6 Å². The van der Waals surface area contributed by atoms with E-state index in [1.807, 2.05) is 30.3 Å². The Morgan fingerprint density at radius 2 is 1.90 bits per heavy atom. The molecule has 0 saturated carbocycles. The van der Waals surface area contributed by atoms with Crippen LogP contribution in [0.5, 0.6) is 0 Å². The highest BCUT2D eigenvalue weighted by atomic mass is 16.6. The second kappa shape index (κ2) is 6.75. The highest BCUT2D eigenvalue weighted by Crippen LogP contribution is 2.26.